The van der Waals surface area contributed by atoms with Crippen LogP contribution >= 0.6 is 0 Å². The molecular weight excluding hydrogens is 274 g/mol. The summed E-state index contributed by atoms with van der Waals surface area (Å²) in [4.78, 5) is 6.31. The summed E-state index contributed by atoms with van der Waals surface area (Å²) in [5.41, 5.74) is 8.31. The SMILES string of the molecule is CN(CCOCc1ccccc1)C(N)=NCc1ccccc1. The maximum Gasteiger partial charge on any atom is 0.191 e. The normalized spacial score (nSPS) is 11.4. The molecule has 116 valence electrons. The van der Waals surface area contributed by atoms with E-state index in [9.17, 15) is 0 Å². The third-order valence-electron chi connectivity index (χ3n) is 3.34. The van der Waals surface area contributed by atoms with Crippen LogP contribution in [0.5, 0.6) is 0 Å². The van der Waals surface area contributed by atoms with Gasteiger partial charge in [0.15, 0.2) is 5.96 Å². The molecule has 2 aromatic carbocycles. The van der Waals surface area contributed by atoms with Crippen LogP contribution in [0.2, 0.25) is 0 Å². The van der Waals surface area contributed by atoms with Crippen LogP contribution in [0, 0.1) is 0 Å². The van der Waals surface area contributed by atoms with Crippen LogP contribution in [0.3, 0.4) is 0 Å². The lowest BCUT2D eigenvalue weighted by molar-refractivity contribution is 0.111. The molecule has 0 heterocycles. The second-order valence-corrected chi connectivity index (χ2v) is 5.12. The summed E-state index contributed by atoms with van der Waals surface area (Å²) in [6, 6.07) is 20.2. The lowest BCUT2D eigenvalue weighted by Crippen LogP contribution is -2.36. The number of nitrogens with zero attached hydrogens (tertiary/aromatic N) is 2. The quantitative estimate of drug-likeness (QED) is 0.485. The Labute approximate surface area is 132 Å². The molecule has 0 amide bonds. The van der Waals surface area contributed by atoms with E-state index in [0.717, 1.165) is 12.1 Å². The minimum atomic E-state index is 0.534. The first kappa shape index (κ1) is 16.0. The molecule has 0 saturated heterocycles. The van der Waals surface area contributed by atoms with E-state index in [4.69, 9.17) is 10.5 Å². The largest absolute Gasteiger partial charge is 0.375 e. The number of rotatable bonds is 7. The Bertz CT molecular complexity index is 569. The van der Waals surface area contributed by atoms with E-state index in [1.807, 2.05) is 60.5 Å². The highest BCUT2D eigenvalue weighted by molar-refractivity contribution is 5.77. The van der Waals surface area contributed by atoms with Gasteiger partial charge in [-0.15, -0.1) is 0 Å². The Morgan fingerprint density at radius 1 is 1.00 bits per heavy atom. The van der Waals surface area contributed by atoms with E-state index in [0.29, 0.717) is 25.7 Å². The molecule has 0 radical (unpaired) electrons. The number of hydrogen-bond acceptors (Lipinski definition) is 2. The second kappa shape index (κ2) is 8.85. The standard InChI is InChI=1S/C18H23N3O/c1-21(12-13-22-15-17-10-6-3-7-11-17)18(19)20-14-16-8-4-2-5-9-16/h2-11H,12-15H2,1H3,(H2,19,20). The molecule has 4 heteroatoms. The molecule has 0 spiro atoms. The van der Waals surface area contributed by atoms with Gasteiger partial charge in [0.25, 0.3) is 0 Å². The Hall–Kier alpha value is -2.33. The van der Waals surface area contributed by atoms with Gasteiger partial charge in [-0.25, -0.2) is 4.99 Å². The molecule has 22 heavy (non-hydrogen) atoms. The van der Waals surface area contributed by atoms with Crippen molar-refractivity contribution in [2.24, 2.45) is 10.7 Å². The molecule has 0 saturated carbocycles. The average molecular weight is 297 g/mol. The van der Waals surface area contributed by atoms with Crippen LogP contribution in [0.15, 0.2) is 65.7 Å². The molecule has 0 aliphatic carbocycles. The molecule has 0 aromatic heterocycles. The number of guanidine groups is 1. The van der Waals surface area contributed by atoms with Gasteiger partial charge in [-0.3, -0.25) is 0 Å². The monoisotopic (exact) mass is 297 g/mol. The van der Waals surface area contributed by atoms with Crippen LogP contribution in [0.25, 0.3) is 0 Å². The summed E-state index contributed by atoms with van der Waals surface area (Å²) in [5.74, 6) is 0.534. The number of likely N-dealkylation sites (N-methyl/N-ethyl adjacent to an activating group) is 1. The van der Waals surface area contributed by atoms with Crippen molar-refractivity contribution in [2.45, 2.75) is 13.2 Å². The number of hydrogen-bond donors (Lipinski definition) is 1. The fraction of sp³-hybridized carbons (Fsp3) is 0.278. The maximum atomic E-state index is 5.98. The molecule has 0 aliphatic heterocycles. The molecule has 0 unspecified atom stereocenters. The van der Waals surface area contributed by atoms with Gasteiger partial charge in [0, 0.05) is 13.6 Å². The van der Waals surface area contributed by atoms with Gasteiger partial charge in [-0.1, -0.05) is 60.7 Å². The predicted molar refractivity (Wildman–Crippen MR) is 90.5 cm³/mol. The summed E-state index contributed by atoms with van der Waals surface area (Å²) < 4.78 is 5.65. The minimum absolute atomic E-state index is 0.534. The summed E-state index contributed by atoms with van der Waals surface area (Å²) in [6.07, 6.45) is 0. The molecule has 0 aliphatic rings. The molecule has 0 fully saturated rings. The van der Waals surface area contributed by atoms with Crippen molar-refractivity contribution in [3.05, 3.63) is 71.8 Å². The van der Waals surface area contributed by atoms with Crippen LogP contribution in [-0.2, 0) is 17.9 Å². The number of ether oxygens (including phenoxy) is 1. The van der Waals surface area contributed by atoms with Gasteiger partial charge in [0.05, 0.1) is 19.8 Å². The minimum Gasteiger partial charge on any atom is -0.375 e. The smallest absolute Gasteiger partial charge is 0.191 e. The first-order valence-corrected chi connectivity index (χ1v) is 7.42. The van der Waals surface area contributed by atoms with Crippen LogP contribution in [0.1, 0.15) is 11.1 Å². The fourth-order valence-electron chi connectivity index (χ4n) is 1.96. The van der Waals surface area contributed by atoms with Crippen molar-refractivity contribution >= 4 is 5.96 Å². The van der Waals surface area contributed by atoms with Crippen LogP contribution < -0.4 is 5.73 Å². The Balaban J connectivity index is 1.69. The Morgan fingerprint density at radius 2 is 1.59 bits per heavy atom. The fourth-order valence-corrected chi connectivity index (χ4v) is 1.96. The second-order valence-electron chi connectivity index (χ2n) is 5.12. The van der Waals surface area contributed by atoms with Gasteiger partial charge < -0.3 is 15.4 Å². The van der Waals surface area contributed by atoms with E-state index in [2.05, 4.69) is 17.1 Å². The highest BCUT2D eigenvalue weighted by Crippen LogP contribution is 2.01. The molecule has 2 rings (SSSR count). The highest BCUT2D eigenvalue weighted by atomic mass is 16.5. The van der Waals surface area contributed by atoms with Crippen molar-refractivity contribution in [1.29, 1.82) is 0 Å². The topological polar surface area (TPSA) is 50.9 Å². The van der Waals surface area contributed by atoms with Crippen molar-refractivity contribution in [3.8, 4) is 0 Å². The molecule has 0 atom stereocenters. The van der Waals surface area contributed by atoms with Gasteiger partial charge in [0.2, 0.25) is 0 Å². The summed E-state index contributed by atoms with van der Waals surface area (Å²) in [5, 5.41) is 0. The van der Waals surface area contributed by atoms with E-state index >= 15 is 0 Å². The lowest BCUT2D eigenvalue weighted by atomic mass is 10.2. The zero-order chi connectivity index (χ0) is 15.6. The van der Waals surface area contributed by atoms with Crippen molar-refractivity contribution in [3.63, 3.8) is 0 Å². The molecule has 2 aromatic rings. The molecule has 4 nitrogen and oxygen atoms in total. The highest BCUT2D eigenvalue weighted by Gasteiger charge is 2.01. The summed E-state index contributed by atoms with van der Waals surface area (Å²) in [6.45, 7) is 2.56. The third-order valence-corrected chi connectivity index (χ3v) is 3.34. The zero-order valence-electron chi connectivity index (χ0n) is 13.0. The van der Waals surface area contributed by atoms with Gasteiger partial charge in [0.1, 0.15) is 0 Å². The third kappa shape index (κ3) is 5.58. The maximum absolute atomic E-state index is 5.98. The summed E-state index contributed by atoms with van der Waals surface area (Å²) >= 11 is 0. The van der Waals surface area contributed by atoms with Crippen molar-refractivity contribution in [1.82, 2.24) is 4.90 Å². The Morgan fingerprint density at radius 3 is 2.23 bits per heavy atom. The van der Waals surface area contributed by atoms with E-state index < -0.39 is 0 Å². The van der Waals surface area contributed by atoms with E-state index in [-0.39, 0.29) is 0 Å². The molecular formula is C18H23N3O. The van der Waals surface area contributed by atoms with Crippen LogP contribution in [-0.4, -0.2) is 31.1 Å². The van der Waals surface area contributed by atoms with Gasteiger partial charge in [-0.05, 0) is 11.1 Å². The average Bonchev–Trinajstić information content (AvgIpc) is 2.58. The Kier molecular flexibility index (Phi) is 6.45. The predicted octanol–water partition coefficient (Wildman–Crippen LogP) is 2.65. The van der Waals surface area contributed by atoms with E-state index in [1.165, 1.54) is 5.56 Å². The first-order chi connectivity index (χ1) is 10.8. The number of nitrogens with two attached hydrogens (primary N) is 1. The van der Waals surface area contributed by atoms with Crippen LogP contribution in [0.4, 0.5) is 0 Å². The van der Waals surface area contributed by atoms with Gasteiger partial charge in [-0.2, -0.15) is 0 Å². The molecule has 0 bridgehead atoms. The van der Waals surface area contributed by atoms with Gasteiger partial charge >= 0.3 is 0 Å². The van der Waals surface area contributed by atoms with Crippen molar-refractivity contribution in [2.75, 3.05) is 20.2 Å². The first-order valence-electron chi connectivity index (χ1n) is 7.42. The van der Waals surface area contributed by atoms with Crippen molar-refractivity contribution < 1.29 is 4.74 Å². The van der Waals surface area contributed by atoms with E-state index in [1.54, 1.807) is 0 Å². The lowest BCUT2D eigenvalue weighted by Gasteiger charge is -2.18. The molecule has 2 N–H and O–H groups in total. The number of aliphatic imine (C=N–C) groups is 1. The number of benzene rings is 2. The summed E-state index contributed by atoms with van der Waals surface area (Å²) in [7, 11) is 1.93. The zero-order valence-corrected chi connectivity index (χ0v) is 13.0.